The lowest BCUT2D eigenvalue weighted by molar-refractivity contribution is 0.735. The monoisotopic (exact) mass is 225 g/mol. The molecular formula is C14H15N3. The van der Waals surface area contributed by atoms with E-state index in [2.05, 4.69) is 16.0 Å². The van der Waals surface area contributed by atoms with Crippen LogP contribution < -0.4 is 0 Å². The minimum atomic E-state index is 0.615. The second-order valence-corrected chi connectivity index (χ2v) is 4.78. The molecule has 2 aliphatic carbocycles. The first-order valence-corrected chi connectivity index (χ1v) is 6.14. The lowest BCUT2D eigenvalue weighted by Gasteiger charge is -1.85. The van der Waals surface area contributed by atoms with Crippen LogP contribution in [0.25, 0.3) is 5.65 Å². The predicted octanol–water partition coefficient (Wildman–Crippen LogP) is 2.52. The predicted molar refractivity (Wildman–Crippen MR) is 66.4 cm³/mol. The molecule has 2 aromatic rings. The third-order valence-corrected chi connectivity index (χ3v) is 3.60. The molecule has 2 atom stereocenters. The van der Waals surface area contributed by atoms with Crippen molar-refractivity contribution in [1.82, 2.24) is 14.6 Å². The fourth-order valence-electron chi connectivity index (χ4n) is 2.56. The van der Waals surface area contributed by atoms with Crippen LogP contribution in [-0.4, -0.2) is 14.6 Å². The van der Waals surface area contributed by atoms with E-state index in [0.717, 1.165) is 5.65 Å². The zero-order valence-electron chi connectivity index (χ0n) is 9.71. The first-order chi connectivity index (χ1) is 8.36. The van der Waals surface area contributed by atoms with Crippen molar-refractivity contribution in [3.63, 3.8) is 0 Å². The quantitative estimate of drug-likeness (QED) is 0.645. The van der Waals surface area contributed by atoms with E-state index in [9.17, 15) is 0 Å². The first kappa shape index (κ1) is 10.3. The number of fused-ring (bicyclic) bond motifs is 2. The molecule has 0 spiro atoms. The standard InChI is InChI=1S/C8H5N3.C6H10/c1-2-7-6-8-9-4-3-5-11(8)10-7;1-2-5-4-6(5)3-1/h1,3-6H;5-6H,1-4H2. The molecule has 0 aliphatic heterocycles. The molecule has 17 heavy (non-hydrogen) atoms. The molecule has 2 unspecified atom stereocenters. The normalized spacial score (nSPS) is 24.6. The molecule has 0 aromatic carbocycles. The van der Waals surface area contributed by atoms with Gasteiger partial charge in [-0.25, -0.2) is 9.50 Å². The van der Waals surface area contributed by atoms with Crippen LogP contribution in [0.1, 0.15) is 31.4 Å². The maximum atomic E-state index is 5.16. The molecule has 2 fully saturated rings. The highest BCUT2D eigenvalue weighted by Crippen LogP contribution is 2.51. The van der Waals surface area contributed by atoms with E-state index >= 15 is 0 Å². The Balaban J connectivity index is 0.000000125. The van der Waals surface area contributed by atoms with Gasteiger partial charge in [-0.2, -0.15) is 5.10 Å². The van der Waals surface area contributed by atoms with Gasteiger partial charge < -0.3 is 0 Å². The molecule has 0 radical (unpaired) electrons. The van der Waals surface area contributed by atoms with Gasteiger partial charge in [0.2, 0.25) is 0 Å². The Kier molecular flexibility index (Phi) is 2.56. The van der Waals surface area contributed by atoms with Gasteiger partial charge in [-0.3, -0.25) is 0 Å². The van der Waals surface area contributed by atoms with Gasteiger partial charge in [0.25, 0.3) is 0 Å². The van der Waals surface area contributed by atoms with E-state index < -0.39 is 0 Å². The van der Waals surface area contributed by atoms with Crippen LogP contribution in [0.4, 0.5) is 0 Å². The number of hydrogen-bond acceptors (Lipinski definition) is 2. The fourth-order valence-corrected chi connectivity index (χ4v) is 2.56. The fraction of sp³-hybridized carbons (Fsp3) is 0.429. The molecule has 3 nitrogen and oxygen atoms in total. The summed E-state index contributed by atoms with van der Waals surface area (Å²) in [6, 6.07) is 3.57. The largest absolute Gasteiger partial charge is 0.237 e. The first-order valence-electron chi connectivity index (χ1n) is 6.14. The Labute approximate surface area is 101 Å². The topological polar surface area (TPSA) is 30.2 Å². The molecule has 0 saturated heterocycles. The molecule has 2 aliphatic rings. The summed E-state index contributed by atoms with van der Waals surface area (Å²) in [5.74, 6) is 4.87. The summed E-state index contributed by atoms with van der Waals surface area (Å²) < 4.78 is 1.65. The Morgan fingerprint density at radius 1 is 1.35 bits per heavy atom. The van der Waals surface area contributed by atoms with Gasteiger partial charge in [0, 0.05) is 18.5 Å². The summed E-state index contributed by atoms with van der Waals surface area (Å²) in [7, 11) is 0. The van der Waals surface area contributed by atoms with Crippen LogP contribution in [0.3, 0.4) is 0 Å². The molecule has 3 heteroatoms. The zero-order valence-corrected chi connectivity index (χ0v) is 9.71. The van der Waals surface area contributed by atoms with Crippen molar-refractivity contribution in [2.24, 2.45) is 11.8 Å². The second kappa shape index (κ2) is 4.21. The highest BCUT2D eigenvalue weighted by molar-refractivity contribution is 5.43. The van der Waals surface area contributed by atoms with E-state index in [1.165, 1.54) is 18.3 Å². The van der Waals surface area contributed by atoms with Crippen LogP contribution in [0, 0.1) is 24.2 Å². The van der Waals surface area contributed by atoms with E-state index in [1.54, 1.807) is 42.1 Å². The third-order valence-electron chi connectivity index (χ3n) is 3.60. The molecule has 86 valence electrons. The second-order valence-electron chi connectivity index (χ2n) is 4.78. The average Bonchev–Trinajstić information content (AvgIpc) is 2.81. The number of hydrogen-bond donors (Lipinski definition) is 0. The lowest BCUT2D eigenvalue weighted by Crippen LogP contribution is -1.86. The van der Waals surface area contributed by atoms with Crippen LogP contribution in [-0.2, 0) is 0 Å². The van der Waals surface area contributed by atoms with Gasteiger partial charge in [0.05, 0.1) is 0 Å². The van der Waals surface area contributed by atoms with E-state index in [0.29, 0.717) is 5.69 Å². The molecule has 2 saturated carbocycles. The van der Waals surface area contributed by atoms with Gasteiger partial charge in [-0.05, 0) is 30.2 Å². The van der Waals surface area contributed by atoms with Crippen molar-refractivity contribution in [2.45, 2.75) is 25.7 Å². The Bertz CT molecular complexity index is 523. The molecule has 2 heterocycles. The molecule has 0 N–H and O–H groups in total. The van der Waals surface area contributed by atoms with Gasteiger partial charge in [-0.1, -0.05) is 19.3 Å². The average molecular weight is 225 g/mol. The molecule has 2 aromatic heterocycles. The Hall–Kier alpha value is -1.82. The summed E-state index contributed by atoms with van der Waals surface area (Å²) in [5, 5.41) is 4.05. The Morgan fingerprint density at radius 3 is 2.71 bits per heavy atom. The molecule has 4 rings (SSSR count). The van der Waals surface area contributed by atoms with Gasteiger partial charge >= 0.3 is 0 Å². The van der Waals surface area contributed by atoms with Crippen molar-refractivity contribution >= 4 is 5.65 Å². The number of terminal acetylenes is 1. The van der Waals surface area contributed by atoms with E-state index in [-0.39, 0.29) is 0 Å². The smallest absolute Gasteiger partial charge is 0.156 e. The van der Waals surface area contributed by atoms with Gasteiger partial charge in [-0.15, -0.1) is 6.42 Å². The van der Waals surface area contributed by atoms with E-state index in [4.69, 9.17) is 6.42 Å². The third kappa shape index (κ3) is 2.16. The summed E-state index contributed by atoms with van der Waals surface area (Å²) in [6.45, 7) is 0. The van der Waals surface area contributed by atoms with Gasteiger partial charge in [0.15, 0.2) is 5.65 Å². The van der Waals surface area contributed by atoms with Crippen molar-refractivity contribution in [3.8, 4) is 12.3 Å². The number of rotatable bonds is 0. The number of nitrogens with zero attached hydrogens (tertiary/aromatic N) is 3. The SMILES string of the molecule is C#Cc1cc2ncccn2n1.C1CC2CC2C1. The molecule has 0 amide bonds. The molecule has 0 bridgehead atoms. The summed E-state index contributed by atoms with van der Waals surface area (Å²) in [4.78, 5) is 4.05. The Morgan fingerprint density at radius 2 is 2.18 bits per heavy atom. The van der Waals surface area contributed by atoms with Crippen molar-refractivity contribution < 1.29 is 0 Å². The van der Waals surface area contributed by atoms with Crippen LogP contribution in [0.2, 0.25) is 0 Å². The number of aromatic nitrogens is 3. The van der Waals surface area contributed by atoms with Crippen molar-refractivity contribution in [1.29, 1.82) is 0 Å². The maximum absolute atomic E-state index is 5.16. The van der Waals surface area contributed by atoms with Crippen molar-refractivity contribution in [2.75, 3.05) is 0 Å². The minimum absolute atomic E-state index is 0.615. The zero-order chi connectivity index (χ0) is 11.7. The van der Waals surface area contributed by atoms with Crippen LogP contribution >= 0.6 is 0 Å². The summed E-state index contributed by atoms with van der Waals surface area (Å²) >= 11 is 0. The molecular weight excluding hydrogens is 210 g/mol. The maximum Gasteiger partial charge on any atom is 0.156 e. The minimum Gasteiger partial charge on any atom is -0.237 e. The van der Waals surface area contributed by atoms with E-state index in [1.807, 2.05) is 6.20 Å². The highest BCUT2D eigenvalue weighted by atomic mass is 15.2. The summed E-state index contributed by atoms with van der Waals surface area (Å²) in [6.07, 6.45) is 14.9. The highest BCUT2D eigenvalue weighted by Gasteiger charge is 2.40. The van der Waals surface area contributed by atoms with Crippen molar-refractivity contribution in [3.05, 3.63) is 30.2 Å². The van der Waals surface area contributed by atoms with Crippen LogP contribution in [0.15, 0.2) is 24.5 Å². The summed E-state index contributed by atoms with van der Waals surface area (Å²) in [5.41, 5.74) is 1.39. The van der Waals surface area contributed by atoms with Gasteiger partial charge in [0.1, 0.15) is 5.69 Å². The lowest BCUT2D eigenvalue weighted by atomic mass is 10.3. The van der Waals surface area contributed by atoms with Crippen LogP contribution in [0.5, 0.6) is 0 Å².